The van der Waals surface area contributed by atoms with E-state index in [1.165, 1.54) is 6.42 Å². The summed E-state index contributed by atoms with van der Waals surface area (Å²) in [5.74, 6) is 1.79. The number of rotatable bonds is 2. The molecule has 2 aliphatic rings. The van der Waals surface area contributed by atoms with Gasteiger partial charge >= 0.3 is 0 Å². The molecule has 2 atom stereocenters. The van der Waals surface area contributed by atoms with Crippen LogP contribution in [0.5, 0.6) is 0 Å². The van der Waals surface area contributed by atoms with E-state index >= 15 is 0 Å². The molecule has 2 heterocycles. The molecule has 2 N–H and O–H groups in total. The van der Waals surface area contributed by atoms with E-state index in [0.29, 0.717) is 12.0 Å². The minimum absolute atomic E-state index is 0.0813. The Morgan fingerprint density at radius 1 is 1.41 bits per heavy atom. The highest BCUT2D eigenvalue weighted by molar-refractivity contribution is 8.13. The van der Waals surface area contributed by atoms with Gasteiger partial charge in [-0.3, -0.25) is 4.79 Å². The van der Waals surface area contributed by atoms with E-state index in [2.05, 4.69) is 29.5 Å². The van der Waals surface area contributed by atoms with Crippen LogP contribution in [0.2, 0.25) is 0 Å². The van der Waals surface area contributed by atoms with Crippen LogP contribution < -0.4 is 10.6 Å². The van der Waals surface area contributed by atoms with Crippen molar-refractivity contribution < 1.29 is 4.79 Å². The van der Waals surface area contributed by atoms with Gasteiger partial charge in [-0.25, -0.2) is 4.99 Å². The average molecular weight is 255 g/mol. The maximum Gasteiger partial charge on any atom is 0.244 e. The number of thioether (sulfide) groups is 1. The minimum atomic E-state index is -0.176. The third kappa shape index (κ3) is 3.37. The van der Waals surface area contributed by atoms with Crippen molar-refractivity contribution in [2.75, 3.05) is 12.3 Å². The van der Waals surface area contributed by atoms with Gasteiger partial charge in [0.2, 0.25) is 5.91 Å². The second-order valence-electron chi connectivity index (χ2n) is 5.02. The number of hydrogen-bond acceptors (Lipinski definition) is 3. The fraction of sp³-hybridized carbons (Fsp3) is 0.833. The molecule has 96 valence electrons. The summed E-state index contributed by atoms with van der Waals surface area (Å²) in [7, 11) is 0. The van der Waals surface area contributed by atoms with Crippen molar-refractivity contribution in [3.8, 4) is 0 Å². The summed E-state index contributed by atoms with van der Waals surface area (Å²) in [6, 6.07) is 0.325. The quantitative estimate of drug-likeness (QED) is 0.783. The molecule has 1 amide bonds. The Morgan fingerprint density at radius 3 is 2.94 bits per heavy atom. The van der Waals surface area contributed by atoms with E-state index in [0.717, 1.165) is 30.3 Å². The molecule has 2 rings (SSSR count). The smallest absolute Gasteiger partial charge is 0.244 e. The number of nitrogens with zero attached hydrogens (tertiary/aromatic N) is 1. The van der Waals surface area contributed by atoms with Gasteiger partial charge in [-0.05, 0) is 25.2 Å². The monoisotopic (exact) mass is 255 g/mol. The molecule has 0 bridgehead atoms. The first kappa shape index (κ1) is 12.7. The van der Waals surface area contributed by atoms with E-state index in [1.54, 1.807) is 11.8 Å². The molecule has 2 unspecified atom stereocenters. The maximum atomic E-state index is 11.6. The molecule has 2 saturated heterocycles. The third-order valence-corrected chi connectivity index (χ3v) is 4.25. The molecule has 0 saturated carbocycles. The second-order valence-corrected chi connectivity index (χ2v) is 6.10. The maximum absolute atomic E-state index is 11.6. The van der Waals surface area contributed by atoms with Gasteiger partial charge in [0.25, 0.3) is 0 Å². The van der Waals surface area contributed by atoms with Crippen molar-refractivity contribution in [3.63, 3.8) is 0 Å². The Morgan fingerprint density at radius 2 is 2.24 bits per heavy atom. The molecule has 4 nitrogen and oxygen atoms in total. The van der Waals surface area contributed by atoms with Gasteiger partial charge in [-0.1, -0.05) is 25.6 Å². The fourth-order valence-electron chi connectivity index (χ4n) is 2.15. The number of aliphatic imine (C=N–C) groups is 1. The Bertz CT molecular complexity index is 317. The number of carbonyl (C=O) groups excluding carboxylic acids is 1. The van der Waals surface area contributed by atoms with Crippen LogP contribution in [0.4, 0.5) is 0 Å². The van der Waals surface area contributed by atoms with Crippen LogP contribution in [0.1, 0.15) is 33.1 Å². The zero-order valence-corrected chi connectivity index (χ0v) is 11.3. The van der Waals surface area contributed by atoms with Crippen LogP contribution in [-0.4, -0.2) is 35.5 Å². The van der Waals surface area contributed by atoms with Crippen molar-refractivity contribution >= 4 is 22.8 Å². The molecule has 17 heavy (non-hydrogen) atoms. The van der Waals surface area contributed by atoms with E-state index < -0.39 is 0 Å². The van der Waals surface area contributed by atoms with Gasteiger partial charge in [-0.15, -0.1) is 0 Å². The molecule has 2 aliphatic heterocycles. The highest BCUT2D eigenvalue weighted by atomic mass is 32.2. The zero-order valence-electron chi connectivity index (χ0n) is 10.5. The van der Waals surface area contributed by atoms with Crippen LogP contribution in [0, 0.1) is 5.92 Å². The van der Waals surface area contributed by atoms with Gasteiger partial charge in [0.1, 0.15) is 6.04 Å². The third-order valence-electron chi connectivity index (χ3n) is 3.31. The van der Waals surface area contributed by atoms with Crippen molar-refractivity contribution in [2.45, 2.75) is 45.2 Å². The Kier molecular flexibility index (Phi) is 4.31. The largest absolute Gasteiger partial charge is 0.362 e. The first-order valence-electron chi connectivity index (χ1n) is 6.41. The summed E-state index contributed by atoms with van der Waals surface area (Å²) in [4.78, 5) is 16.2. The van der Waals surface area contributed by atoms with Crippen LogP contribution in [0.3, 0.4) is 0 Å². The number of amidine groups is 1. The molecule has 0 aliphatic carbocycles. The first-order chi connectivity index (χ1) is 8.16. The lowest BCUT2D eigenvalue weighted by molar-refractivity contribution is -0.123. The normalized spacial score (nSPS) is 32.4. The highest BCUT2D eigenvalue weighted by Crippen LogP contribution is 2.20. The lowest BCUT2D eigenvalue weighted by Crippen LogP contribution is -2.44. The van der Waals surface area contributed by atoms with Crippen molar-refractivity contribution in [1.29, 1.82) is 0 Å². The predicted octanol–water partition coefficient (Wildman–Crippen LogP) is 1.37. The Balaban J connectivity index is 1.98. The molecular weight excluding hydrogens is 234 g/mol. The van der Waals surface area contributed by atoms with E-state index in [4.69, 9.17) is 0 Å². The lowest BCUT2D eigenvalue weighted by atomic mass is 10.0. The number of hydrogen-bond donors (Lipinski definition) is 2. The van der Waals surface area contributed by atoms with Crippen LogP contribution >= 0.6 is 11.8 Å². The van der Waals surface area contributed by atoms with Crippen LogP contribution in [0.25, 0.3) is 0 Å². The molecule has 5 heteroatoms. The van der Waals surface area contributed by atoms with E-state index in [9.17, 15) is 4.79 Å². The fourth-order valence-corrected chi connectivity index (χ4v) is 3.15. The molecule has 0 aromatic heterocycles. The van der Waals surface area contributed by atoms with E-state index in [1.807, 2.05) is 0 Å². The van der Waals surface area contributed by atoms with Crippen LogP contribution in [-0.2, 0) is 4.79 Å². The topological polar surface area (TPSA) is 53.5 Å². The average Bonchev–Trinajstić information content (AvgIpc) is 2.32. The number of piperidine rings is 1. The zero-order chi connectivity index (χ0) is 12.3. The SMILES string of the molecule is CC(C)C1CCSC(=NC2CCCNC2=O)N1. The number of nitrogens with one attached hydrogen (secondary N) is 2. The predicted molar refractivity (Wildman–Crippen MR) is 72.3 cm³/mol. The van der Waals surface area contributed by atoms with Gasteiger partial charge in [0, 0.05) is 18.3 Å². The second kappa shape index (κ2) is 5.76. The summed E-state index contributed by atoms with van der Waals surface area (Å²) in [5.41, 5.74) is 0. The molecular formula is C12H21N3OS. The van der Waals surface area contributed by atoms with Crippen molar-refractivity contribution in [2.24, 2.45) is 10.9 Å². The van der Waals surface area contributed by atoms with Crippen LogP contribution in [0.15, 0.2) is 4.99 Å². The highest BCUT2D eigenvalue weighted by Gasteiger charge is 2.25. The standard InChI is InChI=1S/C12H21N3OS/c1-8(2)9-5-7-17-12(14-9)15-10-4-3-6-13-11(10)16/h8-10H,3-7H2,1-2H3,(H,13,16)(H,14,15). The van der Waals surface area contributed by atoms with Gasteiger partial charge in [-0.2, -0.15) is 0 Å². The summed E-state index contributed by atoms with van der Waals surface area (Å²) < 4.78 is 0. The van der Waals surface area contributed by atoms with E-state index in [-0.39, 0.29) is 11.9 Å². The number of carbonyl (C=O) groups is 1. The summed E-state index contributed by atoms with van der Waals surface area (Å²) in [6.45, 7) is 5.24. The summed E-state index contributed by atoms with van der Waals surface area (Å²) in [5, 5.41) is 7.28. The Labute approximate surface area is 107 Å². The molecule has 0 radical (unpaired) electrons. The molecule has 0 aromatic carbocycles. The van der Waals surface area contributed by atoms with Gasteiger partial charge in [0.05, 0.1) is 0 Å². The van der Waals surface area contributed by atoms with Crippen molar-refractivity contribution in [3.05, 3.63) is 0 Å². The minimum Gasteiger partial charge on any atom is -0.362 e. The summed E-state index contributed by atoms with van der Waals surface area (Å²) >= 11 is 1.74. The lowest BCUT2D eigenvalue weighted by Gasteiger charge is -2.29. The number of amides is 1. The molecule has 0 spiro atoms. The van der Waals surface area contributed by atoms with Gasteiger partial charge in [0.15, 0.2) is 5.17 Å². The Hall–Kier alpha value is -0.710. The van der Waals surface area contributed by atoms with Gasteiger partial charge < -0.3 is 10.6 Å². The first-order valence-corrected chi connectivity index (χ1v) is 7.40. The summed E-state index contributed by atoms with van der Waals surface area (Å²) in [6.07, 6.45) is 3.09. The van der Waals surface area contributed by atoms with Crippen molar-refractivity contribution in [1.82, 2.24) is 10.6 Å². The molecule has 0 aromatic rings. The molecule has 2 fully saturated rings.